The van der Waals surface area contributed by atoms with E-state index in [1.807, 2.05) is 22.8 Å². The second-order valence-corrected chi connectivity index (χ2v) is 8.25. The Bertz CT molecular complexity index is 1200. The minimum atomic E-state index is -0.600. The van der Waals surface area contributed by atoms with Crippen LogP contribution in [-0.2, 0) is 11.3 Å². The molecule has 6 nitrogen and oxygen atoms in total. The molecule has 0 radical (unpaired) electrons. The fourth-order valence-electron chi connectivity index (χ4n) is 2.82. The highest BCUT2D eigenvalue weighted by Gasteiger charge is 2.17. The number of hydrogen-bond donors (Lipinski definition) is 1. The maximum Gasteiger partial charge on any atom is 0.234 e. The van der Waals surface area contributed by atoms with Gasteiger partial charge in [-0.3, -0.25) is 9.36 Å². The van der Waals surface area contributed by atoms with Gasteiger partial charge in [0.1, 0.15) is 11.6 Å². The zero-order chi connectivity index (χ0) is 21.8. The van der Waals surface area contributed by atoms with Crippen LogP contribution in [0, 0.1) is 5.82 Å². The van der Waals surface area contributed by atoms with Crippen molar-refractivity contribution in [3.63, 3.8) is 0 Å². The maximum absolute atomic E-state index is 13.9. The van der Waals surface area contributed by atoms with E-state index in [1.54, 1.807) is 24.5 Å². The lowest BCUT2D eigenvalue weighted by Crippen LogP contribution is -2.15. The first-order valence-corrected chi connectivity index (χ1v) is 10.8. The summed E-state index contributed by atoms with van der Waals surface area (Å²) in [4.78, 5) is 12.3. The number of rotatable bonds is 7. The van der Waals surface area contributed by atoms with Crippen molar-refractivity contribution in [1.82, 2.24) is 14.8 Å². The van der Waals surface area contributed by atoms with Gasteiger partial charge in [0.2, 0.25) is 5.91 Å². The van der Waals surface area contributed by atoms with Gasteiger partial charge in [0, 0.05) is 15.6 Å². The third-order valence-electron chi connectivity index (χ3n) is 4.25. The second-order valence-electron chi connectivity index (χ2n) is 6.44. The molecule has 0 unspecified atom stereocenters. The predicted molar refractivity (Wildman–Crippen MR) is 119 cm³/mol. The van der Waals surface area contributed by atoms with Gasteiger partial charge < -0.3 is 9.73 Å². The van der Waals surface area contributed by atoms with Gasteiger partial charge in [0.05, 0.1) is 24.2 Å². The van der Waals surface area contributed by atoms with Crippen LogP contribution in [0.15, 0.2) is 70.4 Å². The molecule has 0 fully saturated rings. The summed E-state index contributed by atoms with van der Waals surface area (Å²) in [7, 11) is 0. The van der Waals surface area contributed by atoms with E-state index in [-0.39, 0.29) is 22.4 Å². The molecule has 2 aromatic heterocycles. The number of thioether (sulfide) groups is 1. The lowest BCUT2D eigenvalue weighted by molar-refractivity contribution is -0.113. The number of hydrogen-bond acceptors (Lipinski definition) is 5. The summed E-state index contributed by atoms with van der Waals surface area (Å²) in [6.07, 6.45) is 1.59. The standard InChI is InChI=1S/C21H15Cl2FN4O2S/c22-14-5-3-13(4-6-14)20-26-27-21(28(20)11-16-2-1-9-30-16)31-12-19(29)25-18-8-7-15(23)10-17(18)24/h1-10H,11-12H2,(H,25,29). The van der Waals surface area contributed by atoms with Crippen LogP contribution in [0.25, 0.3) is 11.4 Å². The Kier molecular flexibility index (Phi) is 6.60. The number of nitrogens with zero attached hydrogens (tertiary/aromatic N) is 3. The Hall–Kier alpha value is -2.81. The fourth-order valence-corrected chi connectivity index (χ4v) is 3.84. The average molecular weight is 477 g/mol. The molecule has 4 aromatic rings. The van der Waals surface area contributed by atoms with E-state index >= 15 is 0 Å². The fraction of sp³-hybridized carbons (Fsp3) is 0.0952. The number of benzene rings is 2. The molecule has 31 heavy (non-hydrogen) atoms. The van der Waals surface area contributed by atoms with E-state index in [2.05, 4.69) is 15.5 Å². The van der Waals surface area contributed by atoms with Gasteiger partial charge in [-0.05, 0) is 54.6 Å². The summed E-state index contributed by atoms with van der Waals surface area (Å²) in [5.41, 5.74) is 0.886. The van der Waals surface area contributed by atoms with Crippen LogP contribution in [0.4, 0.5) is 10.1 Å². The summed E-state index contributed by atoms with van der Waals surface area (Å²) in [6, 6.07) is 14.9. The highest BCUT2D eigenvalue weighted by Crippen LogP contribution is 2.27. The number of halogens is 3. The molecule has 0 spiro atoms. The number of furan rings is 1. The smallest absolute Gasteiger partial charge is 0.234 e. The minimum Gasteiger partial charge on any atom is -0.467 e. The average Bonchev–Trinajstić information content (AvgIpc) is 3.40. The van der Waals surface area contributed by atoms with Crippen molar-refractivity contribution < 1.29 is 13.6 Å². The molecule has 0 aliphatic rings. The van der Waals surface area contributed by atoms with Gasteiger partial charge in [0.25, 0.3) is 0 Å². The van der Waals surface area contributed by atoms with Crippen molar-refractivity contribution in [1.29, 1.82) is 0 Å². The number of carbonyl (C=O) groups excluding carboxylic acids is 1. The molecular weight excluding hydrogens is 462 g/mol. The first-order valence-electron chi connectivity index (χ1n) is 9.09. The molecule has 158 valence electrons. The molecule has 0 saturated carbocycles. The molecule has 4 rings (SSSR count). The zero-order valence-electron chi connectivity index (χ0n) is 15.9. The molecule has 0 aliphatic carbocycles. The third-order valence-corrected chi connectivity index (χ3v) is 5.70. The van der Waals surface area contributed by atoms with Crippen LogP contribution in [0.5, 0.6) is 0 Å². The van der Waals surface area contributed by atoms with Crippen LogP contribution in [0.3, 0.4) is 0 Å². The van der Waals surface area contributed by atoms with Crippen molar-refractivity contribution in [2.24, 2.45) is 0 Å². The summed E-state index contributed by atoms with van der Waals surface area (Å²) < 4.78 is 21.2. The lowest BCUT2D eigenvalue weighted by Gasteiger charge is -2.09. The molecular formula is C21H15Cl2FN4O2S. The first-order chi connectivity index (χ1) is 15.0. The van der Waals surface area contributed by atoms with Crippen LogP contribution < -0.4 is 5.32 Å². The Labute approximate surface area is 191 Å². The quantitative estimate of drug-likeness (QED) is 0.343. The Balaban J connectivity index is 1.53. The van der Waals surface area contributed by atoms with Crippen molar-refractivity contribution in [3.8, 4) is 11.4 Å². The van der Waals surface area contributed by atoms with Crippen molar-refractivity contribution in [2.75, 3.05) is 11.1 Å². The Morgan fingerprint density at radius 1 is 1.10 bits per heavy atom. The first kappa shape index (κ1) is 21.4. The monoisotopic (exact) mass is 476 g/mol. The van der Waals surface area contributed by atoms with Crippen molar-refractivity contribution in [3.05, 3.63) is 82.5 Å². The molecule has 2 heterocycles. The molecule has 1 amide bonds. The number of aromatic nitrogens is 3. The minimum absolute atomic E-state index is 0.0129. The lowest BCUT2D eigenvalue weighted by atomic mass is 10.2. The van der Waals surface area contributed by atoms with E-state index in [0.29, 0.717) is 28.3 Å². The zero-order valence-corrected chi connectivity index (χ0v) is 18.2. The molecule has 0 atom stereocenters. The van der Waals surface area contributed by atoms with Gasteiger partial charge >= 0.3 is 0 Å². The topological polar surface area (TPSA) is 73.0 Å². The summed E-state index contributed by atoms with van der Waals surface area (Å²) in [5.74, 6) is 0.354. The number of anilines is 1. The number of amides is 1. The maximum atomic E-state index is 13.9. The Morgan fingerprint density at radius 3 is 2.58 bits per heavy atom. The van der Waals surface area contributed by atoms with E-state index in [9.17, 15) is 9.18 Å². The molecule has 2 aromatic carbocycles. The largest absolute Gasteiger partial charge is 0.467 e. The SMILES string of the molecule is O=C(CSc1nnc(-c2ccc(Cl)cc2)n1Cc1ccco1)Nc1ccc(Cl)cc1F. The van der Waals surface area contributed by atoms with E-state index in [0.717, 1.165) is 11.6 Å². The van der Waals surface area contributed by atoms with Gasteiger partial charge in [-0.2, -0.15) is 0 Å². The van der Waals surface area contributed by atoms with E-state index < -0.39 is 5.82 Å². The highest BCUT2D eigenvalue weighted by atomic mass is 35.5. The van der Waals surface area contributed by atoms with Crippen LogP contribution in [-0.4, -0.2) is 26.4 Å². The summed E-state index contributed by atoms with van der Waals surface area (Å²) in [6.45, 7) is 0.383. The van der Waals surface area contributed by atoms with Gasteiger partial charge in [-0.1, -0.05) is 35.0 Å². The molecule has 10 heteroatoms. The van der Waals surface area contributed by atoms with E-state index in [1.165, 1.54) is 23.9 Å². The second kappa shape index (κ2) is 9.55. The normalized spacial score (nSPS) is 10.9. The summed E-state index contributed by atoms with van der Waals surface area (Å²) >= 11 is 12.9. The van der Waals surface area contributed by atoms with Crippen molar-refractivity contribution in [2.45, 2.75) is 11.7 Å². The molecule has 0 aliphatic heterocycles. The van der Waals surface area contributed by atoms with Crippen molar-refractivity contribution >= 4 is 46.6 Å². The third kappa shape index (κ3) is 5.28. The van der Waals surface area contributed by atoms with Crippen LogP contribution in [0.2, 0.25) is 10.0 Å². The number of carbonyl (C=O) groups is 1. The van der Waals surface area contributed by atoms with Crippen LogP contribution >= 0.6 is 35.0 Å². The number of nitrogens with one attached hydrogen (secondary N) is 1. The van der Waals surface area contributed by atoms with Crippen LogP contribution in [0.1, 0.15) is 5.76 Å². The predicted octanol–water partition coefficient (Wildman–Crippen LogP) is 5.76. The highest BCUT2D eigenvalue weighted by molar-refractivity contribution is 7.99. The molecule has 1 N–H and O–H groups in total. The Morgan fingerprint density at radius 2 is 1.87 bits per heavy atom. The molecule has 0 saturated heterocycles. The van der Waals surface area contributed by atoms with Gasteiger partial charge in [-0.25, -0.2) is 4.39 Å². The van der Waals surface area contributed by atoms with Gasteiger partial charge in [-0.15, -0.1) is 10.2 Å². The summed E-state index contributed by atoms with van der Waals surface area (Å²) in [5, 5.41) is 12.4. The van der Waals surface area contributed by atoms with E-state index in [4.69, 9.17) is 27.6 Å². The van der Waals surface area contributed by atoms with Gasteiger partial charge in [0.15, 0.2) is 11.0 Å². The molecule has 0 bridgehead atoms.